The molecule has 0 fully saturated rings. The van der Waals surface area contributed by atoms with Crippen LogP contribution in [0.5, 0.6) is 11.6 Å². The number of azo groups is 1. The molecule has 0 aliphatic heterocycles. The fraction of sp³-hybridized carbons (Fsp3) is 0.0833. The number of carbonyl (C=O) groups is 1. The van der Waals surface area contributed by atoms with Crippen LogP contribution in [0, 0.1) is 0 Å². The topological polar surface area (TPSA) is 137 Å². The predicted octanol–water partition coefficient (Wildman–Crippen LogP) is 1.76. The van der Waals surface area contributed by atoms with Crippen LogP contribution in [-0.4, -0.2) is 27.6 Å². The van der Waals surface area contributed by atoms with E-state index >= 15 is 0 Å². The number of amides is 1. The second-order valence-corrected chi connectivity index (χ2v) is 4.91. The van der Waals surface area contributed by atoms with Crippen LogP contribution >= 0.6 is 23.2 Å². The number of benzene rings is 1. The number of aromatic nitrogens is 2. The monoisotopic (exact) mass is 358 g/mol. The van der Waals surface area contributed by atoms with Crippen molar-refractivity contribution >= 4 is 34.8 Å². The lowest BCUT2D eigenvalue weighted by Gasteiger charge is -2.05. The molecule has 0 unspecified atom stereocenters. The Kier molecular flexibility index (Phi) is 5.14. The van der Waals surface area contributed by atoms with Crippen molar-refractivity contribution in [3.05, 3.63) is 49.1 Å². The minimum atomic E-state index is -0.999. The number of hydrogen-bond acceptors (Lipinski definition) is 6. The molecule has 0 radical (unpaired) electrons. The van der Waals surface area contributed by atoms with Gasteiger partial charge in [-0.3, -0.25) is 19.6 Å². The van der Waals surface area contributed by atoms with Gasteiger partial charge >= 0.3 is 11.6 Å². The number of aromatic amines is 2. The Morgan fingerprint density at radius 2 is 2.00 bits per heavy atom. The zero-order chi connectivity index (χ0) is 17.0. The third kappa shape index (κ3) is 4.41. The molecule has 3 N–H and O–H groups in total. The molecule has 0 bridgehead atoms. The van der Waals surface area contributed by atoms with E-state index in [9.17, 15) is 19.5 Å². The van der Waals surface area contributed by atoms with E-state index in [1.165, 1.54) is 12.1 Å². The van der Waals surface area contributed by atoms with Gasteiger partial charge in [0.05, 0.1) is 5.02 Å². The maximum Gasteiger partial charge on any atom is 0.328 e. The van der Waals surface area contributed by atoms with Crippen LogP contribution in [-0.2, 0) is 4.79 Å². The fourth-order valence-electron chi connectivity index (χ4n) is 1.42. The van der Waals surface area contributed by atoms with Crippen LogP contribution in [0.2, 0.25) is 10.0 Å². The maximum atomic E-state index is 11.5. The largest absolute Gasteiger partial charge is 0.493 e. The maximum absolute atomic E-state index is 11.5. The molecule has 0 saturated carbocycles. The van der Waals surface area contributed by atoms with Gasteiger partial charge in [0.15, 0.2) is 6.61 Å². The van der Waals surface area contributed by atoms with E-state index in [4.69, 9.17) is 27.9 Å². The Morgan fingerprint density at radius 1 is 1.26 bits per heavy atom. The number of nitrogens with zero attached hydrogens (tertiary/aromatic N) is 2. The average molecular weight is 359 g/mol. The van der Waals surface area contributed by atoms with Crippen molar-refractivity contribution in [2.45, 2.75) is 0 Å². The molecule has 23 heavy (non-hydrogen) atoms. The second-order valence-electron chi connectivity index (χ2n) is 4.06. The number of hydrogen-bond donors (Lipinski definition) is 3. The third-order valence-electron chi connectivity index (χ3n) is 2.40. The van der Waals surface area contributed by atoms with Crippen LogP contribution < -0.4 is 16.0 Å². The summed E-state index contributed by atoms with van der Waals surface area (Å²) in [5.74, 6) is -1.49. The summed E-state index contributed by atoms with van der Waals surface area (Å²) in [6, 6.07) is 4.44. The minimum Gasteiger partial charge on any atom is -0.493 e. The molecule has 11 heteroatoms. The van der Waals surface area contributed by atoms with Crippen LogP contribution in [0.25, 0.3) is 0 Å². The molecule has 0 saturated heterocycles. The van der Waals surface area contributed by atoms with Gasteiger partial charge in [-0.1, -0.05) is 23.2 Å². The molecule has 1 aromatic heterocycles. The SMILES string of the molecule is O=C(COc1cc(Cl)ccc1Cl)N=Nc1c(O)[nH]c(=O)[nH]c1=O. The molecule has 2 aromatic rings. The first-order valence-corrected chi connectivity index (χ1v) is 6.70. The average Bonchev–Trinajstić information content (AvgIpc) is 2.47. The Bertz CT molecular complexity index is 890. The highest BCUT2D eigenvalue weighted by atomic mass is 35.5. The van der Waals surface area contributed by atoms with Crippen LogP contribution in [0.3, 0.4) is 0 Å². The highest BCUT2D eigenvalue weighted by Gasteiger charge is 2.10. The van der Waals surface area contributed by atoms with E-state index < -0.39 is 35.3 Å². The number of nitrogens with one attached hydrogen (secondary N) is 2. The zero-order valence-corrected chi connectivity index (χ0v) is 12.7. The van der Waals surface area contributed by atoms with Crippen molar-refractivity contribution in [1.29, 1.82) is 0 Å². The summed E-state index contributed by atoms with van der Waals surface area (Å²) in [6.07, 6.45) is 0. The van der Waals surface area contributed by atoms with Crippen molar-refractivity contribution in [1.82, 2.24) is 9.97 Å². The number of rotatable bonds is 4. The van der Waals surface area contributed by atoms with E-state index in [1.54, 1.807) is 6.07 Å². The van der Waals surface area contributed by atoms with E-state index in [0.717, 1.165) is 0 Å². The molecule has 1 heterocycles. The van der Waals surface area contributed by atoms with Crippen molar-refractivity contribution in [3.8, 4) is 11.6 Å². The number of halogens is 2. The third-order valence-corrected chi connectivity index (χ3v) is 2.95. The zero-order valence-electron chi connectivity index (χ0n) is 11.2. The van der Waals surface area contributed by atoms with Crippen LogP contribution in [0.15, 0.2) is 38.0 Å². The molecule has 2 rings (SSSR count). The highest BCUT2D eigenvalue weighted by Crippen LogP contribution is 2.27. The Morgan fingerprint density at radius 3 is 2.70 bits per heavy atom. The van der Waals surface area contributed by atoms with Crippen LogP contribution in [0.1, 0.15) is 0 Å². The summed E-state index contributed by atoms with van der Waals surface area (Å²) < 4.78 is 5.12. The van der Waals surface area contributed by atoms with Gasteiger partial charge in [0.1, 0.15) is 5.75 Å². The smallest absolute Gasteiger partial charge is 0.328 e. The van der Waals surface area contributed by atoms with Crippen molar-refractivity contribution < 1.29 is 14.6 Å². The number of aromatic hydroxyl groups is 1. The van der Waals surface area contributed by atoms with E-state index in [2.05, 4.69) is 10.2 Å². The summed E-state index contributed by atoms with van der Waals surface area (Å²) in [5, 5.41) is 16.4. The fourth-order valence-corrected chi connectivity index (χ4v) is 1.76. The van der Waals surface area contributed by atoms with E-state index in [1.807, 2.05) is 9.97 Å². The van der Waals surface area contributed by atoms with E-state index in [-0.39, 0.29) is 10.8 Å². The van der Waals surface area contributed by atoms with Crippen molar-refractivity contribution in [2.75, 3.05) is 6.61 Å². The standard InChI is InChI=1S/C12H8Cl2N4O5/c13-5-1-2-6(14)7(3-5)23-4-8(19)17-18-9-10(20)15-12(22)16-11(9)21/h1-3H,4H2,(H3,15,16,20,21,22). The number of H-pyrrole nitrogens is 2. The molecule has 120 valence electrons. The summed E-state index contributed by atoms with van der Waals surface area (Å²) >= 11 is 11.6. The quantitative estimate of drug-likeness (QED) is 0.715. The Labute approximate surface area is 137 Å². The first-order chi connectivity index (χ1) is 10.9. The summed E-state index contributed by atoms with van der Waals surface area (Å²) in [6.45, 7) is -0.522. The normalized spacial score (nSPS) is 10.9. The van der Waals surface area contributed by atoms with Crippen molar-refractivity contribution in [2.24, 2.45) is 10.2 Å². The minimum absolute atomic E-state index is 0.174. The molecular weight excluding hydrogens is 351 g/mol. The van der Waals surface area contributed by atoms with Crippen LogP contribution in [0.4, 0.5) is 5.69 Å². The van der Waals surface area contributed by atoms with Gasteiger partial charge in [-0.2, -0.15) is 0 Å². The predicted molar refractivity (Wildman–Crippen MR) is 80.8 cm³/mol. The second kappa shape index (κ2) is 7.07. The molecule has 1 amide bonds. The van der Waals surface area contributed by atoms with Gasteiger partial charge in [0.25, 0.3) is 5.56 Å². The molecule has 9 nitrogen and oxygen atoms in total. The first-order valence-electron chi connectivity index (χ1n) is 5.95. The lowest BCUT2D eigenvalue weighted by atomic mass is 10.3. The molecule has 0 aliphatic carbocycles. The molecule has 0 atom stereocenters. The van der Waals surface area contributed by atoms with Gasteiger partial charge in [0.2, 0.25) is 11.6 Å². The Hall–Kier alpha value is -2.65. The summed E-state index contributed by atoms with van der Waals surface area (Å²) in [4.78, 5) is 37.5. The summed E-state index contributed by atoms with van der Waals surface area (Å²) in [5.41, 5.74) is -2.53. The molecular formula is C12H8Cl2N4O5. The van der Waals surface area contributed by atoms with Gasteiger partial charge in [-0.15, -0.1) is 10.2 Å². The van der Waals surface area contributed by atoms with Gasteiger partial charge in [0, 0.05) is 11.1 Å². The molecule has 1 aromatic carbocycles. The van der Waals surface area contributed by atoms with E-state index in [0.29, 0.717) is 5.02 Å². The Balaban J connectivity index is 2.07. The van der Waals surface area contributed by atoms with Gasteiger partial charge in [-0.25, -0.2) is 4.79 Å². The highest BCUT2D eigenvalue weighted by molar-refractivity contribution is 6.34. The number of ether oxygens (including phenoxy) is 1. The lowest BCUT2D eigenvalue weighted by molar-refractivity contribution is -0.120. The molecule has 0 spiro atoms. The van der Waals surface area contributed by atoms with Crippen molar-refractivity contribution in [3.63, 3.8) is 0 Å². The van der Waals surface area contributed by atoms with Gasteiger partial charge < -0.3 is 9.84 Å². The first kappa shape index (κ1) is 16.7. The van der Waals surface area contributed by atoms with Gasteiger partial charge in [-0.05, 0) is 12.1 Å². The lowest BCUT2D eigenvalue weighted by Crippen LogP contribution is -2.21. The molecule has 0 aliphatic rings. The summed E-state index contributed by atoms with van der Waals surface area (Å²) in [7, 11) is 0. The number of carbonyl (C=O) groups excluding carboxylic acids is 1.